The van der Waals surface area contributed by atoms with E-state index in [1.165, 1.54) is 6.26 Å². The molecule has 0 aromatic rings. The molecule has 21 heavy (non-hydrogen) atoms. The van der Waals surface area contributed by atoms with Gasteiger partial charge in [-0.05, 0) is 32.7 Å². The van der Waals surface area contributed by atoms with Gasteiger partial charge in [0.25, 0.3) is 0 Å². The monoisotopic (exact) mass is 341 g/mol. The van der Waals surface area contributed by atoms with Crippen LogP contribution in [-0.2, 0) is 20.0 Å². The van der Waals surface area contributed by atoms with E-state index < -0.39 is 20.0 Å². The maximum absolute atomic E-state index is 11.3. The maximum atomic E-state index is 11.3. The first-order valence-corrected chi connectivity index (χ1v) is 11.0. The quantitative estimate of drug-likeness (QED) is 0.502. The standard InChI is InChI=1S/C12H27N3O4S2/c1-3-21(18,19)14-10-6-9-13-11-7-4-5-8-12(11)15-20(2,16)17/h11-15H,3-10H2,1-2H3. The first-order chi connectivity index (χ1) is 9.73. The molecule has 2 unspecified atom stereocenters. The molecule has 0 saturated heterocycles. The van der Waals surface area contributed by atoms with Crippen LogP contribution in [0.4, 0.5) is 0 Å². The second-order valence-corrected chi connectivity index (χ2v) is 9.37. The largest absolute Gasteiger partial charge is 0.312 e. The first-order valence-electron chi connectivity index (χ1n) is 7.41. The molecule has 3 N–H and O–H groups in total. The SMILES string of the molecule is CCS(=O)(=O)NCCCNC1CCCCC1NS(C)(=O)=O. The van der Waals surface area contributed by atoms with Crippen LogP contribution in [-0.4, -0.2) is 54.0 Å². The van der Waals surface area contributed by atoms with Gasteiger partial charge in [-0.2, -0.15) is 0 Å². The summed E-state index contributed by atoms with van der Waals surface area (Å²) in [6.45, 7) is 2.67. The van der Waals surface area contributed by atoms with E-state index in [2.05, 4.69) is 14.8 Å². The Morgan fingerprint density at radius 3 is 2.19 bits per heavy atom. The Kier molecular flexibility index (Phi) is 7.55. The van der Waals surface area contributed by atoms with Crippen LogP contribution in [0.2, 0.25) is 0 Å². The highest BCUT2D eigenvalue weighted by atomic mass is 32.2. The van der Waals surface area contributed by atoms with Gasteiger partial charge in [0.1, 0.15) is 0 Å². The van der Waals surface area contributed by atoms with Gasteiger partial charge in [0, 0.05) is 18.6 Å². The molecular formula is C12H27N3O4S2. The van der Waals surface area contributed by atoms with Crippen molar-refractivity contribution in [2.75, 3.05) is 25.1 Å². The van der Waals surface area contributed by atoms with Crippen molar-refractivity contribution in [1.82, 2.24) is 14.8 Å². The van der Waals surface area contributed by atoms with Gasteiger partial charge in [0.2, 0.25) is 20.0 Å². The molecule has 1 aliphatic rings. The number of hydrogen-bond acceptors (Lipinski definition) is 5. The van der Waals surface area contributed by atoms with Crippen molar-refractivity contribution in [3.8, 4) is 0 Å². The van der Waals surface area contributed by atoms with E-state index in [9.17, 15) is 16.8 Å². The fourth-order valence-electron chi connectivity index (χ4n) is 2.50. The third kappa shape index (κ3) is 8.10. The molecule has 1 aliphatic carbocycles. The van der Waals surface area contributed by atoms with Crippen LogP contribution in [0.15, 0.2) is 0 Å². The van der Waals surface area contributed by atoms with Crippen LogP contribution in [0, 0.1) is 0 Å². The predicted molar refractivity (Wildman–Crippen MR) is 84.1 cm³/mol. The lowest BCUT2D eigenvalue weighted by Crippen LogP contribution is -2.51. The Morgan fingerprint density at radius 1 is 1.00 bits per heavy atom. The summed E-state index contributed by atoms with van der Waals surface area (Å²) in [7, 11) is -6.33. The average Bonchev–Trinajstić information content (AvgIpc) is 2.38. The van der Waals surface area contributed by atoms with Crippen molar-refractivity contribution in [3.63, 3.8) is 0 Å². The highest BCUT2D eigenvalue weighted by molar-refractivity contribution is 7.89. The summed E-state index contributed by atoms with van der Waals surface area (Å²) in [6, 6.07) is 0.0531. The van der Waals surface area contributed by atoms with Gasteiger partial charge in [-0.3, -0.25) is 0 Å². The summed E-state index contributed by atoms with van der Waals surface area (Å²) in [5.74, 6) is 0.0867. The third-order valence-electron chi connectivity index (χ3n) is 3.59. The zero-order valence-electron chi connectivity index (χ0n) is 12.8. The van der Waals surface area contributed by atoms with Crippen LogP contribution >= 0.6 is 0 Å². The summed E-state index contributed by atoms with van der Waals surface area (Å²) in [5.41, 5.74) is 0. The van der Waals surface area contributed by atoms with Crippen molar-refractivity contribution in [2.45, 2.75) is 51.1 Å². The van der Waals surface area contributed by atoms with Crippen LogP contribution in [0.3, 0.4) is 0 Å². The van der Waals surface area contributed by atoms with E-state index in [0.717, 1.165) is 25.7 Å². The second-order valence-electron chi connectivity index (χ2n) is 5.49. The van der Waals surface area contributed by atoms with E-state index >= 15 is 0 Å². The van der Waals surface area contributed by atoms with Gasteiger partial charge in [0.05, 0.1) is 12.0 Å². The topological polar surface area (TPSA) is 104 Å². The molecule has 0 aliphatic heterocycles. The van der Waals surface area contributed by atoms with Gasteiger partial charge in [-0.1, -0.05) is 12.8 Å². The third-order valence-corrected chi connectivity index (χ3v) is 5.73. The fraction of sp³-hybridized carbons (Fsp3) is 1.00. The van der Waals surface area contributed by atoms with Gasteiger partial charge in [-0.15, -0.1) is 0 Å². The Bertz CT molecular complexity index is 505. The molecule has 2 atom stereocenters. The summed E-state index contributed by atoms with van der Waals surface area (Å²) >= 11 is 0. The number of sulfonamides is 2. The molecule has 1 saturated carbocycles. The van der Waals surface area contributed by atoms with E-state index in [0.29, 0.717) is 19.5 Å². The van der Waals surface area contributed by atoms with Gasteiger partial charge >= 0.3 is 0 Å². The molecular weight excluding hydrogens is 314 g/mol. The minimum Gasteiger partial charge on any atom is -0.312 e. The highest BCUT2D eigenvalue weighted by Crippen LogP contribution is 2.19. The summed E-state index contributed by atoms with van der Waals surface area (Å²) < 4.78 is 50.4. The van der Waals surface area contributed by atoms with Crippen LogP contribution in [0.1, 0.15) is 39.0 Å². The zero-order chi connectivity index (χ0) is 15.9. The van der Waals surface area contributed by atoms with Gasteiger partial charge < -0.3 is 5.32 Å². The number of rotatable bonds is 9. The number of nitrogens with one attached hydrogen (secondary N) is 3. The van der Waals surface area contributed by atoms with Crippen molar-refractivity contribution in [2.24, 2.45) is 0 Å². The maximum Gasteiger partial charge on any atom is 0.211 e. The van der Waals surface area contributed by atoms with Crippen LogP contribution < -0.4 is 14.8 Å². The van der Waals surface area contributed by atoms with Crippen LogP contribution in [0.5, 0.6) is 0 Å². The molecule has 1 rings (SSSR count). The first kappa shape index (κ1) is 18.8. The van der Waals surface area contributed by atoms with E-state index in [4.69, 9.17) is 0 Å². The lowest BCUT2D eigenvalue weighted by Gasteiger charge is -2.32. The molecule has 0 aromatic carbocycles. The van der Waals surface area contributed by atoms with Crippen molar-refractivity contribution >= 4 is 20.0 Å². The minimum atomic E-state index is -3.20. The highest BCUT2D eigenvalue weighted by Gasteiger charge is 2.26. The Morgan fingerprint density at radius 2 is 1.62 bits per heavy atom. The minimum absolute atomic E-state index is 0.0684. The van der Waals surface area contributed by atoms with Crippen molar-refractivity contribution in [3.05, 3.63) is 0 Å². The van der Waals surface area contributed by atoms with E-state index in [1.54, 1.807) is 6.92 Å². The van der Waals surface area contributed by atoms with Crippen LogP contribution in [0.25, 0.3) is 0 Å². The van der Waals surface area contributed by atoms with Crippen molar-refractivity contribution < 1.29 is 16.8 Å². The Hall–Kier alpha value is -0.220. The number of hydrogen-bond donors (Lipinski definition) is 3. The normalized spacial score (nSPS) is 24.1. The molecule has 0 bridgehead atoms. The molecule has 9 heteroatoms. The zero-order valence-corrected chi connectivity index (χ0v) is 14.4. The molecule has 0 aromatic heterocycles. The summed E-state index contributed by atoms with van der Waals surface area (Å²) in [5, 5.41) is 3.34. The van der Waals surface area contributed by atoms with Crippen molar-refractivity contribution in [1.29, 1.82) is 0 Å². The second kappa shape index (κ2) is 8.42. The Labute approximate surface area is 128 Å². The lowest BCUT2D eigenvalue weighted by molar-refractivity contribution is 0.310. The Balaban J connectivity index is 2.31. The summed E-state index contributed by atoms with van der Waals surface area (Å²) in [4.78, 5) is 0. The molecule has 1 fully saturated rings. The predicted octanol–water partition coefficient (Wildman–Crippen LogP) is -0.234. The molecule has 0 spiro atoms. The smallest absolute Gasteiger partial charge is 0.211 e. The molecule has 0 heterocycles. The van der Waals surface area contributed by atoms with E-state index in [-0.39, 0.29) is 17.8 Å². The lowest BCUT2D eigenvalue weighted by atomic mass is 9.91. The molecule has 0 amide bonds. The molecule has 126 valence electrons. The van der Waals surface area contributed by atoms with Gasteiger partial charge in [0.15, 0.2) is 0 Å². The molecule has 7 nitrogen and oxygen atoms in total. The van der Waals surface area contributed by atoms with E-state index in [1.807, 2.05) is 0 Å². The molecule has 0 radical (unpaired) electrons. The summed E-state index contributed by atoms with van der Waals surface area (Å²) in [6.07, 6.45) is 5.75. The fourth-order valence-corrected chi connectivity index (χ4v) is 3.99. The average molecular weight is 341 g/mol. The van der Waals surface area contributed by atoms with Gasteiger partial charge in [-0.25, -0.2) is 26.3 Å².